The normalized spacial score (nSPS) is 26.8. The Balaban J connectivity index is 0.00000324. The standard InChI is InChI=1S/C12H22N2O4.ClH/c1-5-12(9(15)16)7-14(6-8(12)13)10(17)18-11(2,3)4;/h8H,5-7,13H2,1-4H3,(H,15,16);1H. The Bertz CT molecular complexity index is 356. The number of nitrogens with two attached hydrogens (primary N) is 1. The summed E-state index contributed by atoms with van der Waals surface area (Å²) >= 11 is 0. The fraction of sp³-hybridized carbons (Fsp3) is 0.833. The molecule has 2 atom stereocenters. The number of carboxylic acids is 1. The summed E-state index contributed by atoms with van der Waals surface area (Å²) in [5.41, 5.74) is 4.23. The van der Waals surface area contributed by atoms with Crippen LogP contribution in [0.3, 0.4) is 0 Å². The van der Waals surface area contributed by atoms with Gasteiger partial charge in [-0.15, -0.1) is 12.4 Å². The molecule has 3 N–H and O–H groups in total. The number of nitrogens with zero attached hydrogens (tertiary/aromatic N) is 1. The van der Waals surface area contributed by atoms with Gasteiger partial charge in [-0.3, -0.25) is 4.79 Å². The van der Waals surface area contributed by atoms with Crippen LogP contribution in [0.4, 0.5) is 4.79 Å². The molecule has 1 heterocycles. The molecule has 1 aliphatic rings. The van der Waals surface area contributed by atoms with Crippen LogP contribution in [0.25, 0.3) is 0 Å². The van der Waals surface area contributed by atoms with E-state index in [0.29, 0.717) is 6.42 Å². The van der Waals surface area contributed by atoms with Crippen LogP contribution in [0, 0.1) is 5.41 Å². The van der Waals surface area contributed by atoms with Gasteiger partial charge in [-0.2, -0.15) is 0 Å². The highest BCUT2D eigenvalue weighted by Gasteiger charge is 2.51. The van der Waals surface area contributed by atoms with E-state index < -0.39 is 29.1 Å². The van der Waals surface area contributed by atoms with Crippen LogP contribution >= 0.6 is 12.4 Å². The molecule has 2 unspecified atom stereocenters. The molecule has 0 radical (unpaired) electrons. The molecule has 19 heavy (non-hydrogen) atoms. The lowest BCUT2D eigenvalue weighted by Crippen LogP contribution is -2.46. The number of ether oxygens (including phenoxy) is 1. The molecule has 1 rings (SSSR count). The van der Waals surface area contributed by atoms with Crippen molar-refractivity contribution in [3.8, 4) is 0 Å². The zero-order valence-electron chi connectivity index (χ0n) is 11.8. The van der Waals surface area contributed by atoms with Crippen molar-refractivity contribution in [1.82, 2.24) is 4.90 Å². The largest absolute Gasteiger partial charge is 0.481 e. The highest BCUT2D eigenvalue weighted by atomic mass is 35.5. The van der Waals surface area contributed by atoms with Gasteiger partial charge >= 0.3 is 12.1 Å². The van der Waals surface area contributed by atoms with E-state index in [2.05, 4.69) is 0 Å². The number of halogens is 1. The van der Waals surface area contributed by atoms with Crippen LogP contribution in [0.1, 0.15) is 34.1 Å². The summed E-state index contributed by atoms with van der Waals surface area (Å²) in [6, 6.07) is -0.562. The van der Waals surface area contributed by atoms with Crippen LogP contribution < -0.4 is 5.73 Å². The quantitative estimate of drug-likeness (QED) is 0.804. The number of hydrogen-bond donors (Lipinski definition) is 2. The lowest BCUT2D eigenvalue weighted by molar-refractivity contribution is -0.149. The fourth-order valence-corrected chi connectivity index (χ4v) is 2.15. The molecule has 0 aromatic rings. The predicted octanol–water partition coefficient (Wildman–Crippen LogP) is 1.47. The average Bonchev–Trinajstić information content (AvgIpc) is 2.54. The first-order valence-corrected chi connectivity index (χ1v) is 6.09. The Kier molecular flexibility index (Phi) is 5.65. The Morgan fingerprint density at radius 1 is 1.47 bits per heavy atom. The Labute approximate surface area is 119 Å². The number of amides is 1. The van der Waals surface area contributed by atoms with Crippen molar-refractivity contribution in [2.75, 3.05) is 13.1 Å². The third-order valence-corrected chi connectivity index (χ3v) is 3.31. The van der Waals surface area contributed by atoms with E-state index in [4.69, 9.17) is 10.5 Å². The molecular formula is C12H23ClN2O4. The lowest BCUT2D eigenvalue weighted by atomic mass is 9.81. The lowest BCUT2D eigenvalue weighted by Gasteiger charge is -2.27. The second-order valence-electron chi connectivity index (χ2n) is 5.78. The molecule has 1 amide bonds. The topological polar surface area (TPSA) is 92.9 Å². The van der Waals surface area contributed by atoms with Gasteiger partial charge in [0, 0.05) is 19.1 Å². The summed E-state index contributed by atoms with van der Waals surface area (Å²) in [5, 5.41) is 9.31. The van der Waals surface area contributed by atoms with Crippen LogP contribution in [-0.4, -0.2) is 46.8 Å². The summed E-state index contributed by atoms with van der Waals surface area (Å²) in [7, 11) is 0. The maximum atomic E-state index is 11.9. The van der Waals surface area contributed by atoms with Crippen LogP contribution in [0.5, 0.6) is 0 Å². The minimum absolute atomic E-state index is 0. The van der Waals surface area contributed by atoms with Crippen LogP contribution in [0.2, 0.25) is 0 Å². The van der Waals surface area contributed by atoms with Crippen molar-refractivity contribution in [3.05, 3.63) is 0 Å². The SMILES string of the molecule is CCC1(C(=O)O)CN(C(=O)OC(C)(C)C)CC1N.Cl. The van der Waals surface area contributed by atoms with Gasteiger partial charge in [0.2, 0.25) is 0 Å². The minimum Gasteiger partial charge on any atom is -0.481 e. The third-order valence-electron chi connectivity index (χ3n) is 3.31. The van der Waals surface area contributed by atoms with E-state index in [1.807, 2.05) is 0 Å². The third kappa shape index (κ3) is 3.73. The molecule has 0 aromatic carbocycles. The maximum Gasteiger partial charge on any atom is 0.410 e. The number of hydrogen-bond acceptors (Lipinski definition) is 4. The van der Waals surface area contributed by atoms with Gasteiger partial charge in [-0.25, -0.2) is 4.79 Å². The molecule has 7 heteroatoms. The molecule has 0 aromatic heterocycles. The smallest absolute Gasteiger partial charge is 0.410 e. The zero-order chi connectivity index (χ0) is 14.1. The van der Waals surface area contributed by atoms with E-state index in [-0.39, 0.29) is 25.5 Å². The van der Waals surface area contributed by atoms with E-state index in [9.17, 15) is 14.7 Å². The zero-order valence-corrected chi connectivity index (χ0v) is 12.6. The van der Waals surface area contributed by atoms with Gasteiger partial charge in [0.15, 0.2) is 0 Å². The van der Waals surface area contributed by atoms with Gasteiger partial charge in [-0.05, 0) is 27.2 Å². The minimum atomic E-state index is -1.06. The van der Waals surface area contributed by atoms with Crippen molar-refractivity contribution in [3.63, 3.8) is 0 Å². The molecule has 6 nitrogen and oxygen atoms in total. The van der Waals surface area contributed by atoms with Crippen molar-refractivity contribution in [2.45, 2.75) is 45.8 Å². The molecular weight excluding hydrogens is 272 g/mol. The highest BCUT2D eigenvalue weighted by Crippen LogP contribution is 2.34. The fourth-order valence-electron chi connectivity index (χ4n) is 2.15. The van der Waals surface area contributed by atoms with Gasteiger partial charge in [0.25, 0.3) is 0 Å². The molecule has 1 saturated heterocycles. The summed E-state index contributed by atoms with van der Waals surface area (Å²) in [6.07, 6.45) is -0.113. The summed E-state index contributed by atoms with van der Waals surface area (Å²) in [5.74, 6) is -0.955. The second kappa shape index (κ2) is 5.96. The van der Waals surface area contributed by atoms with E-state index >= 15 is 0 Å². The summed E-state index contributed by atoms with van der Waals surface area (Å²) < 4.78 is 5.23. The first-order chi connectivity index (χ1) is 8.12. The van der Waals surface area contributed by atoms with E-state index in [0.717, 1.165) is 0 Å². The van der Waals surface area contributed by atoms with Gasteiger partial charge in [-0.1, -0.05) is 6.92 Å². The van der Waals surface area contributed by atoms with Crippen LogP contribution in [0.15, 0.2) is 0 Å². The van der Waals surface area contributed by atoms with Gasteiger partial charge in [0.1, 0.15) is 11.0 Å². The Hall–Kier alpha value is -1.01. The average molecular weight is 295 g/mol. The van der Waals surface area contributed by atoms with Crippen molar-refractivity contribution >= 4 is 24.5 Å². The maximum absolute atomic E-state index is 11.9. The van der Waals surface area contributed by atoms with Gasteiger partial charge in [0.05, 0.1) is 0 Å². The molecule has 1 aliphatic heterocycles. The van der Waals surface area contributed by atoms with Crippen molar-refractivity contribution in [1.29, 1.82) is 0 Å². The molecule has 0 aliphatic carbocycles. The van der Waals surface area contributed by atoms with Crippen molar-refractivity contribution in [2.24, 2.45) is 11.1 Å². The number of carbonyl (C=O) groups is 2. The number of aliphatic carboxylic acids is 1. The molecule has 0 bridgehead atoms. The molecule has 0 saturated carbocycles. The number of rotatable bonds is 2. The molecule has 0 spiro atoms. The number of carboxylic acid groups (broad SMARTS) is 1. The first kappa shape index (κ1) is 18.0. The molecule has 112 valence electrons. The highest BCUT2D eigenvalue weighted by molar-refractivity contribution is 5.85. The van der Waals surface area contributed by atoms with E-state index in [1.54, 1.807) is 27.7 Å². The summed E-state index contributed by atoms with van der Waals surface area (Å²) in [6.45, 7) is 7.40. The Morgan fingerprint density at radius 3 is 2.32 bits per heavy atom. The van der Waals surface area contributed by atoms with Crippen LogP contribution in [-0.2, 0) is 9.53 Å². The number of likely N-dealkylation sites (tertiary alicyclic amines) is 1. The number of carbonyl (C=O) groups excluding carboxylic acids is 1. The molecule has 1 fully saturated rings. The summed E-state index contributed by atoms with van der Waals surface area (Å²) in [4.78, 5) is 24.6. The second-order valence-corrected chi connectivity index (χ2v) is 5.78. The van der Waals surface area contributed by atoms with E-state index in [1.165, 1.54) is 4.90 Å². The van der Waals surface area contributed by atoms with Crippen molar-refractivity contribution < 1.29 is 19.4 Å². The first-order valence-electron chi connectivity index (χ1n) is 6.09. The monoisotopic (exact) mass is 294 g/mol. The van der Waals surface area contributed by atoms with Gasteiger partial charge < -0.3 is 20.5 Å². The Morgan fingerprint density at radius 2 is 2.00 bits per heavy atom. The predicted molar refractivity (Wildman–Crippen MR) is 73.4 cm³/mol.